The SMILES string of the molecule is CCOc1ccc(NC(=O)C(Sc2ccc(NC(=O)/C(=C/c3ccc(OC)c(OC)c3)NC(=O)c3ccccc3)cc2)c2ccccc2)cc1. The Morgan fingerprint density at radius 2 is 1.34 bits per heavy atom. The number of carbonyl (C=O) groups is 3. The summed E-state index contributed by atoms with van der Waals surface area (Å²) in [5.74, 6) is 0.599. The minimum Gasteiger partial charge on any atom is -0.494 e. The molecule has 1 atom stereocenters. The van der Waals surface area contributed by atoms with Crippen LogP contribution in [0.3, 0.4) is 0 Å². The fraction of sp³-hybridized carbons (Fsp3) is 0.125. The summed E-state index contributed by atoms with van der Waals surface area (Å²) in [4.78, 5) is 41.1. The topological polar surface area (TPSA) is 115 Å². The average molecular weight is 688 g/mol. The maximum absolute atomic E-state index is 13.6. The Bertz CT molecular complexity index is 1930. The van der Waals surface area contributed by atoms with Crippen LogP contribution in [0.1, 0.15) is 33.7 Å². The fourth-order valence-corrected chi connectivity index (χ4v) is 5.94. The molecule has 0 radical (unpaired) electrons. The van der Waals surface area contributed by atoms with E-state index in [1.165, 1.54) is 26.0 Å². The molecule has 1 unspecified atom stereocenters. The van der Waals surface area contributed by atoms with Crippen LogP contribution in [0.25, 0.3) is 6.08 Å². The van der Waals surface area contributed by atoms with E-state index in [0.717, 1.165) is 16.2 Å². The van der Waals surface area contributed by atoms with E-state index in [1.807, 2.05) is 79.7 Å². The quantitative estimate of drug-likeness (QED) is 0.0801. The lowest BCUT2D eigenvalue weighted by molar-refractivity contribution is -0.116. The summed E-state index contributed by atoms with van der Waals surface area (Å²) in [7, 11) is 3.06. The molecule has 0 bridgehead atoms. The summed E-state index contributed by atoms with van der Waals surface area (Å²) >= 11 is 1.39. The molecule has 5 rings (SSSR count). The van der Waals surface area contributed by atoms with Gasteiger partial charge in [-0.15, -0.1) is 11.8 Å². The Morgan fingerprint density at radius 3 is 1.98 bits per heavy atom. The van der Waals surface area contributed by atoms with E-state index < -0.39 is 17.1 Å². The monoisotopic (exact) mass is 687 g/mol. The van der Waals surface area contributed by atoms with Gasteiger partial charge in [0.1, 0.15) is 16.7 Å². The highest BCUT2D eigenvalue weighted by molar-refractivity contribution is 8.00. The molecular weight excluding hydrogens is 651 g/mol. The van der Waals surface area contributed by atoms with Crippen molar-refractivity contribution in [3.05, 3.63) is 150 Å². The molecule has 254 valence electrons. The van der Waals surface area contributed by atoms with Crippen LogP contribution in [0.2, 0.25) is 0 Å². The predicted octanol–water partition coefficient (Wildman–Crippen LogP) is 7.98. The number of hydrogen-bond donors (Lipinski definition) is 3. The molecule has 3 N–H and O–H groups in total. The number of amides is 3. The van der Waals surface area contributed by atoms with Gasteiger partial charge in [-0.1, -0.05) is 54.6 Å². The lowest BCUT2D eigenvalue weighted by atomic mass is 10.1. The van der Waals surface area contributed by atoms with Gasteiger partial charge in [0.15, 0.2) is 11.5 Å². The summed E-state index contributed by atoms with van der Waals surface area (Å²) < 4.78 is 16.3. The number of benzene rings is 5. The summed E-state index contributed by atoms with van der Waals surface area (Å²) in [6.45, 7) is 2.48. The number of rotatable bonds is 14. The van der Waals surface area contributed by atoms with Gasteiger partial charge < -0.3 is 30.2 Å². The lowest BCUT2D eigenvalue weighted by Crippen LogP contribution is -2.30. The first-order valence-electron chi connectivity index (χ1n) is 15.8. The van der Waals surface area contributed by atoms with Crippen molar-refractivity contribution >= 4 is 46.9 Å². The van der Waals surface area contributed by atoms with E-state index in [-0.39, 0.29) is 11.6 Å². The molecule has 0 aliphatic carbocycles. The summed E-state index contributed by atoms with van der Waals surface area (Å²) in [6.07, 6.45) is 1.57. The Kier molecular flexibility index (Phi) is 12.3. The van der Waals surface area contributed by atoms with Gasteiger partial charge in [0.25, 0.3) is 11.8 Å². The van der Waals surface area contributed by atoms with E-state index in [4.69, 9.17) is 14.2 Å². The van der Waals surface area contributed by atoms with Crippen LogP contribution in [0.4, 0.5) is 11.4 Å². The number of nitrogens with one attached hydrogen (secondary N) is 3. The number of hydrogen-bond acceptors (Lipinski definition) is 7. The minimum absolute atomic E-state index is 0.0274. The van der Waals surface area contributed by atoms with Gasteiger partial charge in [-0.05, 0) is 96.9 Å². The first kappa shape index (κ1) is 35.3. The second kappa shape index (κ2) is 17.4. The molecule has 0 aliphatic rings. The molecule has 5 aromatic rings. The van der Waals surface area contributed by atoms with Gasteiger partial charge >= 0.3 is 0 Å². The normalized spacial score (nSPS) is 11.5. The molecule has 0 spiro atoms. The van der Waals surface area contributed by atoms with Crippen LogP contribution in [0.15, 0.2) is 138 Å². The molecule has 10 heteroatoms. The fourth-order valence-electron chi connectivity index (χ4n) is 4.91. The van der Waals surface area contributed by atoms with E-state index in [0.29, 0.717) is 40.6 Å². The molecule has 3 amide bonds. The van der Waals surface area contributed by atoms with Gasteiger partial charge in [0.2, 0.25) is 5.91 Å². The number of carbonyl (C=O) groups excluding carboxylic acids is 3. The third-order valence-electron chi connectivity index (χ3n) is 7.39. The largest absolute Gasteiger partial charge is 0.494 e. The third-order valence-corrected chi connectivity index (χ3v) is 8.65. The van der Waals surface area contributed by atoms with Crippen molar-refractivity contribution < 1.29 is 28.6 Å². The van der Waals surface area contributed by atoms with Crippen molar-refractivity contribution in [2.24, 2.45) is 0 Å². The predicted molar refractivity (Wildman–Crippen MR) is 198 cm³/mol. The molecule has 0 fully saturated rings. The molecule has 0 saturated heterocycles. The molecular formula is C40H37N3O6S. The smallest absolute Gasteiger partial charge is 0.272 e. The Morgan fingerprint density at radius 1 is 0.720 bits per heavy atom. The number of ether oxygens (including phenoxy) is 3. The molecule has 0 heterocycles. The lowest BCUT2D eigenvalue weighted by Gasteiger charge is -2.18. The van der Waals surface area contributed by atoms with Crippen molar-refractivity contribution in [3.63, 3.8) is 0 Å². The van der Waals surface area contributed by atoms with E-state index in [1.54, 1.807) is 60.7 Å². The van der Waals surface area contributed by atoms with E-state index in [2.05, 4.69) is 16.0 Å². The Hall–Kier alpha value is -6.00. The summed E-state index contributed by atoms with van der Waals surface area (Å²) in [5.41, 5.74) is 3.05. The van der Waals surface area contributed by atoms with Crippen LogP contribution in [0.5, 0.6) is 17.2 Å². The van der Waals surface area contributed by atoms with Gasteiger partial charge in [-0.2, -0.15) is 0 Å². The van der Waals surface area contributed by atoms with Crippen molar-refractivity contribution in [2.45, 2.75) is 17.1 Å². The standard InChI is InChI=1S/C40H37N3O6S/c1-4-49-32-20-16-30(17-21-32)42-40(46)37(28-11-7-5-8-12-28)50-33-22-18-31(19-23-33)41-39(45)34(43-38(44)29-13-9-6-10-14-29)25-27-15-24-35(47-2)36(26-27)48-3/h5-26,37H,4H2,1-3H3,(H,41,45)(H,42,46)(H,43,44)/b34-25-. The van der Waals surface area contributed by atoms with Gasteiger partial charge in [0.05, 0.1) is 20.8 Å². The first-order valence-corrected chi connectivity index (χ1v) is 16.7. The molecule has 0 aromatic heterocycles. The molecule has 9 nitrogen and oxygen atoms in total. The highest BCUT2D eigenvalue weighted by atomic mass is 32.2. The van der Waals surface area contributed by atoms with Crippen molar-refractivity contribution in [1.82, 2.24) is 5.32 Å². The van der Waals surface area contributed by atoms with Crippen LogP contribution in [0, 0.1) is 0 Å². The highest BCUT2D eigenvalue weighted by Crippen LogP contribution is 2.37. The Balaban J connectivity index is 1.33. The van der Waals surface area contributed by atoms with Crippen LogP contribution in [-0.2, 0) is 9.59 Å². The summed E-state index contributed by atoms with van der Waals surface area (Å²) in [5, 5.41) is 8.09. The van der Waals surface area contributed by atoms with Crippen LogP contribution < -0.4 is 30.2 Å². The van der Waals surface area contributed by atoms with E-state index in [9.17, 15) is 14.4 Å². The molecule has 0 aliphatic heterocycles. The minimum atomic E-state index is -0.549. The summed E-state index contributed by atoms with van der Waals surface area (Å²) in [6, 6.07) is 37.8. The zero-order valence-corrected chi connectivity index (χ0v) is 28.7. The van der Waals surface area contributed by atoms with Crippen LogP contribution in [-0.4, -0.2) is 38.5 Å². The highest BCUT2D eigenvalue weighted by Gasteiger charge is 2.23. The Labute approximate surface area is 295 Å². The van der Waals surface area contributed by atoms with Gasteiger partial charge in [0, 0.05) is 21.8 Å². The van der Waals surface area contributed by atoms with Crippen LogP contribution >= 0.6 is 11.8 Å². The number of anilines is 2. The first-order chi connectivity index (χ1) is 24.4. The van der Waals surface area contributed by atoms with Crippen molar-refractivity contribution in [3.8, 4) is 17.2 Å². The number of thioether (sulfide) groups is 1. The maximum atomic E-state index is 13.6. The third kappa shape index (κ3) is 9.55. The molecule has 50 heavy (non-hydrogen) atoms. The van der Waals surface area contributed by atoms with Gasteiger partial charge in [-0.3, -0.25) is 14.4 Å². The van der Waals surface area contributed by atoms with Gasteiger partial charge in [-0.25, -0.2) is 0 Å². The second-order valence-corrected chi connectivity index (χ2v) is 12.0. The maximum Gasteiger partial charge on any atom is 0.272 e. The number of methoxy groups -OCH3 is 2. The molecule has 5 aromatic carbocycles. The average Bonchev–Trinajstić information content (AvgIpc) is 3.15. The van der Waals surface area contributed by atoms with Crippen molar-refractivity contribution in [2.75, 3.05) is 31.5 Å². The van der Waals surface area contributed by atoms with Crippen molar-refractivity contribution in [1.29, 1.82) is 0 Å². The zero-order chi connectivity index (χ0) is 35.3. The zero-order valence-electron chi connectivity index (χ0n) is 27.8. The molecule has 0 saturated carbocycles. The second-order valence-electron chi connectivity index (χ2n) is 10.8. The van der Waals surface area contributed by atoms with E-state index >= 15 is 0 Å².